The Morgan fingerprint density at radius 1 is 1.11 bits per heavy atom. The summed E-state index contributed by atoms with van der Waals surface area (Å²) < 4.78 is 9.90. The molecule has 1 N–H and O–H groups in total. The number of amides is 2. The number of hydrogen-bond donors (Lipinski definition) is 1. The van der Waals surface area contributed by atoms with Crippen molar-refractivity contribution < 1.29 is 19.1 Å². The topological polar surface area (TPSA) is 67.9 Å². The first-order valence-electron chi connectivity index (χ1n) is 6.76. The van der Waals surface area contributed by atoms with Gasteiger partial charge in [-0.25, -0.2) is 0 Å². The summed E-state index contributed by atoms with van der Waals surface area (Å²) in [6, 6.07) is 0.156. The van der Waals surface area contributed by atoms with E-state index < -0.39 is 11.8 Å². The maximum absolute atomic E-state index is 12.0. The van der Waals surface area contributed by atoms with Gasteiger partial charge >= 0.3 is 11.8 Å². The fourth-order valence-corrected chi connectivity index (χ4v) is 2.18. The lowest BCUT2D eigenvalue weighted by Crippen LogP contribution is -2.47. The SMILES string of the molecule is COCCN(CCOC)C(=O)C(=O)NC1CCCC1. The van der Waals surface area contributed by atoms with Gasteiger partial charge in [0.2, 0.25) is 0 Å². The Morgan fingerprint density at radius 3 is 2.11 bits per heavy atom. The molecular weight excluding hydrogens is 248 g/mol. The number of carbonyl (C=O) groups is 2. The van der Waals surface area contributed by atoms with Gasteiger partial charge in [-0.3, -0.25) is 9.59 Å². The van der Waals surface area contributed by atoms with E-state index in [0.29, 0.717) is 26.3 Å². The van der Waals surface area contributed by atoms with Crippen LogP contribution in [-0.4, -0.2) is 63.3 Å². The number of nitrogens with zero attached hydrogens (tertiary/aromatic N) is 1. The van der Waals surface area contributed by atoms with Gasteiger partial charge in [-0.1, -0.05) is 12.8 Å². The number of methoxy groups -OCH3 is 2. The third-order valence-electron chi connectivity index (χ3n) is 3.30. The summed E-state index contributed by atoms with van der Waals surface area (Å²) in [6.45, 7) is 1.62. The smallest absolute Gasteiger partial charge is 0.312 e. The summed E-state index contributed by atoms with van der Waals surface area (Å²) in [6.07, 6.45) is 4.18. The van der Waals surface area contributed by atoms with E-state index >= 15 is 0 Å². The Labute approximate surface area is 114 Å². The molecule has 0 spiro atoms. The summed E-state index contributed by atoms with van der Waals surface area (Å²) in [5, 5.41) is 2.80. The standard InChI is InChI=1S/C13H24N2O4/c1-18-9-7-15(8-10-19-2)13(17)12(16)14-11-5-3-4-6-11/h11H,3-10H2,1-2H3,(H,14,16). The van der Waals surface area contributed by atoms with Crippen LogP contribution in [0.15, 0.2) is 0 Å². The van der Waals surface area contributed by atoms with Crippen molar-refractivity contribution in [1.82, 2.24) is 10.2 Å². The highest BCUT2D eigenvalue weighted by Crippen LogP contribution is 2.17. The molecule has 110 valence electrons. The molecule has 0 radical (unpaired) electrons. The summed E-state index contributed by atoms with van der Waals surface area (Å²) in [5.41, 5.74) is 0. The van der Waals surface area contributed by atoms with Gasteiger partial charge < -0.3 is 19.7 Å². The van der Waals surface area contributed by atoms with Crippen LogP contribution < -0.4 is 5.32 Å². The normalized spacial score (nSPS) is 15.5. The Bertz CT molecular complexity index is 282. The Morgan fingerprint density at radius 2 is 1.63 bits per heavy atom. The van der Waals surface area contributed by atoms with Gasteiger partial charge in [0.05, 0.1) is 13.2 Å². The van der Waals surface area contributed by atoms with Gasteiger partial charge in [0.1, 0.15) is 0 Å². The molecule has 1 saturated carbocycles. The van der Waals surface area contributed by atoms with Crippen LogP contribution in [0.25, 0.3) is 0 Å². The van der Waals surface area contributed by atoms with Gasteiger partial charge in [0, 0.05) is 33.4 Å². The first kappa shape index (κ1) is 15.9. The molecule has 0 aromatic rings. The largest absolute Gasteiger partial charge is 0.383 e. The molecule has 0 unspecified atom stereocenters. The third kappa shape index (κ3) is 5.57. The zero-order valence-electron chi connectivity index (χ0n) is 11.8. The van der Waals surface area contributed by atoms with Crippen LogP contribution in [0.1, 0.15) is 25.7 Å². The van der Waals surface area contributed by atoms with Crippen molar-refractivity contribution in [2.24, 2.45) is 0 Å². The lowest BCUT2D eigenvalue weighted by Gasteiger charge is -2.22. The van der Waals surface area contributed by atoms with Crippen molar-refractivity contribution in [3.8, 4) is 0 Å². The molecule has 0 heterocycles. The molecule has 0 atom stereocenters. The van der Waals surface area contributed by atoms with E-state index in [-0.39, 0.29) is 6.04 Å². The number of rotatable bonds is 7. The number of nitrogens with one attached hydrogen (secondary N) is 1. The molecular formula is C13H24N2O4. The zero-order valence-corrected chi connectivity index (χ0v) is 11.8. The highest BCUT2D eigenvalue weighted by Gasteiger charge is 2.25. The Hall–Kier alpha value is -1.14. The predicted octanol–water partition coefficient (Wildman–Crippen LogP) is 0.167. The fourth-order valence-electron chi connectivity index (χ4n) is 2.18. The van der Waals surface area contributed by atoms with Gasteiger partial charge in [0.25, 0.3) is 0 Å². The molecule has 1 fully saturated rings. The summed E-state index contributed by atoms with van der Waals surface area (Å²) in [5.74, 6) is -1.01. The van der Waals surface area contributed by atoms with Crippen molar-refractivity contribution in [3.63, 3.8) is 0 Å². The minimum absolute atomic E-state index is 0.156. The summed E-state index contributed by atoms with van der Waals surface area (Å²) in [7, 11) is 3.13. The lowest BCUT2D eigenvalue weighted by atomic mass is 10.2. The second-order valence-corrected chi connectivity index (χ2v) is 4.73. The molecule has 6 nitrogen and oxygen atoms in total. The molecule has 1 aliphatic rings. The quantitative estimate of drug-likeness (QED) is 0.671. The van der Waals surface area contributed by atoms with Crippen LogP contribution in [0.2, 0.25) is 0 Å². The van der Waals surface area contributed by atoms with Crippen LogP contribution in [-0.2, 0) is 19.1 Å². The van der Waals surface area contributed by atoms with Crippen LogP contribution in [0, 0.1) is 0 Å². The van der Waals surface area contributed by atoms with Crippen LogP contribution in [0.5, 0.6) is 0 Å². The van der Waals surface area contributed by atoms with Gasteiger partial charge in [-0.15, -0.1) is 0 Å². The van der Waals surface area contributed by atoms with Crippen molar-refractivity contribution in [3.05, 3.63) is 0 Å². The molecule has 1 aliphatic carbocycles. The third-order valence-corrected chi connectivity index (χ3v) is 3.30. The highest BCUT2D eigenvalue weighted by atomic mass is 16.5. The molecule has 6 heteroatoms. The molecule has 2 amide bonds. The maximum Gasteiger partial charge on any atom is 0.312 e. The maximum atomic E-state index is 12.0. The molecule has 0 aromatic heterocycles. The fraction of sp³-hybridized carbons (Fsp3) is 0.846. The van der Waals surface area contributed by atoms with E-state index in [4.69, 9.17) is 9.47 Å². The van der Waals surface area contributed by atoms with Crippen molar-refractivity contribution in [2.45, 2.75) is 31.7 Å². The highest BCUT2D eigenvalue weighted by molar-refractivity contribution is 6.35. The van der Waals surface area contributed by atoms with Crippen molar-refractivity contribution in [2.75, 3.05) is 40.5 Å². The second kappa shape index (κ2) is 8.87. The first-order chi connectivity index (χ1) is 9.19. The molecule has 0 saturated heterocycles. The molecule has 1 rings (SSSR count). The number of hydrogen-bond acceptors (Lipinski definition) is 4. The van der Waals surface area contributed by atoms with Gasteiger partial charge in [0.15, 0.2) is 0 Å². The van der Waals surface area contributed by atoms with E-state index in [2.05, 4.69) is 5.32 Å². The molecule has 0 bridgehead atoms. The van der Waals surface area contributed by atoms with E-state index in [1.54, 1.807) is 14.2 Å². The number of carbonyl (C=O) groups excluding carboxylic acids is 2. The van der Waals surface area contributed by atoms with Crippen LogP contribution >= 0.6 is 0 Å². The van der Waals surface area contributed by atoms with E-state index in [0.717, 1.165) is 25.7 Å². The predicted molar refractivity (Wildman–Crippen MR) is 70.7 cm³/mol. The molecule has 19 heavy (non-hydrogen) atoms. The van der Waals surface area contributed by atoms with E-state index in [1.807, 2.05) is 0 Å². The van der Waals surface area contributed by atoms with Crippen LogP contribution in [0.3, 0.4) is 0 Å². The molecule has 0 aliphatic heterocycles. The van der Waals surface area contributed by atoms with Gasteiger partial charge in [-0.2, -0.15) is 0 Å². The average molecular weight is 272 g/mol. The summed E-state index contributed by atoms with van der Waals surface area (Å²) >= 11 is 0. The van der Waals surface area contributed by atoms with Crippen molar-refractivity contribution >= 4 is 11.8 Å². The Kier molecular flexibility index (Phi) is 7.43. The zero-order chi connectivity index (χ0) is 14.1. The average Bonchev–Trinajstić information content (AvgIpc) is 2.91. The summed E-state index contributed by atoms with van der Waals surface area (Å²) in [4.78, 5) is 25.4. The van der Waals surface area contributed by atoms with E-state index in [9.17, 15) is 9.59 Å². The van der Waals surface area contributed by atoms with Gasteiger partial charge in [-0.05, 0) is 12.8 Å². The minimum atomic E-state index is -0.515. The van der Waals surface area contributed by atoms with Crippen LogP contribution in [0.4, 0.5) is 0 Å². The monoisotopic (exact) mass is 272 g/mol. The van der Waals surface area contributed by atoms with E-state index in [1.165, 1.54) is 4.90 Å². The second-order valence-electron chi connectivity index (χ2n) is 4.73. The minimum Gasteiger partial charge on any atom is -0.383 e. The molecule has 0 aromatic carbocycles. The number of ether oxygens (including phenoxy) is 2. The van der Waals surface area contributed by atoms with Crippen molar-refractivity contribution in [1.29, 1.82) is 0 Å². The lowest BCUT2D eigenvalue weighted by molar-refractivity contribution is -0.147. The Balaban J connectivity index is 2.45. The first-order valence-corrected chi connectivity index (χ1v) is 6.76.